The molecule has 0 fully saturated rings. The lowest BCUT2D eigenvalue weighted by Gasteiger charge is -2.13. The third kappa shape index (κ3) is 3.60. The van der Waals surface area contributed by atoms with Crippen LogP contribution < -0.4 is 5.73 Å². The van der Waals surface area contributed by atoms with E-state index in [1.54, 1.807) is 0 Å². The van der Waals surface area contributed by atoms with Gasteiger partial charge in [0.1, 0.15) is 5.82 Å². The number of nitrogens with two attached hydrogens (primary N) is 1. The van der Waals surface area contributed by atoms with Gasteiger partial charge in [0.25, 0.3) is 0 Å². The van der Waals surface area contributed by atoms with E-state index in [4.69, 9.17) is 5.73 Å². The summed E-state index contributed by atoms with van der Waals surface area (Å²) in [5.41, 5.74) is 5.78. The molecule has 0 amide bonds. The molecule has 0 saturated carbocycles. The van der Waals surface area contributed by atoms with Gasteiger partial charge in [-0.25, -0.2) is 9.07 Å². The second-order valence-electron chi connectivity index (χ2n) is 4.79. The maximum Gasteiger partial charge on any atom is 0.435 e. The molecule has 1 unspecified atom stereocenters. The Morgan fingerprint density at radius 1 is 1.29 bits per heavy atom. The molecule has 2 rings (SSSR count). The fourth-order valence-corrected chi connectivity index (χ4v) is 1.98. The van der Waals surface area contributed by atoms with E-state index in [0.29, 0.717) is 24.1 Å². The Morgan fingerprint density at radius 2 is 2.00 bits per heavy atom. The highest BCUT2D eigenvalue weighted by Gasteiger charge is 2.33. The van der Waals surface area contributed by atoms with Gasteiger partial charge in [0.05, 0.1) is 5.69 Å². The summed E-state index contributed by atoms with van der Waals surface area (Å²) in [6.07, 6.45) is -2.25. The molecule has 1 aromatic carbocycles. The number of alkyl halides is 3. The van der Waals surface area contributed by atoms with Crippen LogP contribution in [0.25, 0.3) is 5.69 Å². The smallest absolute Gasteiger partial charge is 0.327 e. The first-order valence-corrected chi connectivity index (χ1v) is 6.48. The lowest BCUT2D eigenvalue weighted by atomic mass is 10.0. The van der Waals surface area contributed by atoms with Crippen LogP contribution in [0.3, 0.4) is 0 Å². The molecule has 0 saturated heterocycles. The highest BCUT2D eigenvalue weighted by atomic mass is 19.4. The topological polar surface area (TPSA) is 43.8 Å². The van der Waals surface area contributed by atoms with Crippen molar-refractivity contribution in [3.8, 4) is 5.69 Å². The van der Waals surface area contributed by atoms with E-state index in [-0.39, 0.29) is 6.04 Å². The zero-order valence-electron chi connectivity index (χ0n) is 11.4. The number of aromatic nitrogens is 2. The van der Waals surface area contributed by atoms with Crippen LogP contribution in [0.5, 0.6) is 0 Å². The van der Waals surface area contributed by atoms with E-state index >= 15 is 0 Å². The van der Waals surface area contributed by atoms with Crippen molar-refractivity contribution in [2.24, 2.45) is 5.73 Å². The van der Waals surface area contributed by atoms with Gasteiger partial charge in [0, 0.05) is 12.2 Å². The molecule has 0 aliphatic carbocycles. The fourth-order valence-electron chi connectivity index (χ4n) is 1.98. The summed E-state index contributed by atoms with van der Waals surface area (Å²) in [6.45, 7) is 1.89. The molecule has 0 bridgehead atoms. The standard InChI is InChI=1S/C14H15F4N3/c1-2-11(19)8-9-7-10(15)3-4-12(9)21-6-5-13(20-21)14(16,17)18/h3-7,11H,2,8,19H2,1H3. The normalized spacial score (nSPS) is 13.4. The summed E-state index contributed by atoms with van der Waals surface area (Å²) in [7, 11) is 0. The quantitative estimate of drug-likeness (QED) is 0.881. The molecule has 114 valence electrons. The van der Waals surface area contributed by atoms with Crippen molar-refractivity contribution in [3.63, 3.8) is 0 Å². The van der Waals surface area contributed by atoms with Crippen LogP contribution in [0.15, 0.2) is 30.5 Å². The molecular weight excluding hydrogens is 286 g/mol. The molecule has 0 spiro atoms. The number of halogens is 4. The van der Waals surface area contributed by atoms with Crippen LogP contribution >= 0.6 is 0 Å². The van der Waals surface area contributed by atoms with E-state index in [2.05, 4.69) is 5.10 Å². The van der Waals surface area contributed by atoms with Crippen molar-refractivity contribution < 1.29 is 17.6 Å². The first kappa shape index (κ1) is 15.5. The summed E-state index contributed by atoms with van der Waals surface area (Å²) in [6, 6.07) is 4.56. The van der Waals surface area contributed by atoms with Gasteiger partial charge >= 0.3 is 6.18 Å². The van der Waals surface area contributed by atoms with Crippen LogP contribution in [-0.4, -0.2) is 15.8 Å². The zero-order valence-corrected chi connectivity index (χ0v) is 11.4. The predicted molar refractivity (Wildman–Crippen MR) is 70.5 cm³/mol. The van der Waals surface area contributed by atoms with Crippen molar-refractivity contribution in [2.45, 2.75) is 32.0 Å². The molecule has 0 aliphatic heterocycles. The largest absolute Gasteiger partial charge is 0.435 e. The van der Waals surface area contributed by atoms with Gasteiger partial charge in [-0.2, -0.15) is 18.3 Å². The lowest BCUT2D eigenvalue weighted by Crippen LogP contribution is -2.22. The molecule has 2 aromatic rings. The lowest BCUT2D eigenvalue weighted by molar-refractivity contribution is -0.141. The molecule has 1 heterocycles. The van der Waals surface area contributed by atoms with E-state index in [1.165, 1.54) is 24.4 Å². The van der Waals surface area contributed by atoms with Crippen molar-refractivity contribution >= 4 is 0 Å². The minimum atomic E-state index is -4.51. The molecule has 1 aromatic heterocycles. The Morgan fingerprint density at radius 3 is 2.57 bits per heavy atom. The molecule has 2 N–H and O–H groups in total. The Labute approximate surface area is 119 Å². The molecule has 0 aliphatic rings. The van der Waals surface area contributed by atoms with Crippen LogP contribution in [0.1, 0.15) is 24.6 Å². The summed E-state index contributed by atoms with van der Waals surface area (Å²) in [4.78, 5) is 0. The second kappa shape index (κ2) is 5.85. The van der Waals surface area contributed by atoms with Gasteiger partial charge in [-0.05, 0) is 42.7 Å². The van der Waals surface area contributed by atoms with E-state index in [9.17, 15) is 17.6 Å². The highest BCUT2D eigenvalue weighted by molar-refractivity contribution is 5.41. The monoisotopic (exact) mass is 301 g/mol. The van der Waals surface area contributed by atoms with Gasteiger partial charge in [0.2, 0.25) is 0 Å². The fraction of sp³-hybridized carbons (Fsp3) is 0.357. The average molecular weight is 301 g/mol. The average Bonchev–Trinajstić information content (AvgIpc) is 2.88. The highest BCUT2D eigenvalue weighted by Crippen LogP contribution is 2.28. The molecule has 7 heteroatoms. The van der Waals surface area contributed by atoms with Crippen LogP contribution in [0.2, 0.25) is 0 Å². The summed E-state index contributed by atoms with van der Waals surface area (Å²) < 4.78 is 52.2. The number of hydrogen-bond acceptors (Lipinski definition) is 2. The molecule has 0 radical (unpaired) electrons. The summed E-state index contributed by atoms with van der Waals surface area (Å²) in [5, 5.41) is 3.50. The van der Waals surface area contributed by atoms with Crippen LogP contribution in [0.4, 0.5) is 17.6 Å². The Hall–Kier alpha value is -1.89. The Balaban J connectivity index is 2.41. The van der Waals surface area contributed by atoms with Gasteiger partial charge in [-0.15, -0.1) is 0 Å². The van der Waals surface area contributed by atoms with Crippen LogP contribution in [0, 0.1) is 5.82 Å². The first-order chi connectivity index (χ1) is 9.81. The van der Waals surface area contributed by atoms with Crippen molar-refractivity contribution in [1.29, 1.82) is 0 Å². The van der Waals surface area contributed by atoms with E-state index < -0.39 is 17.7 Å². The summed E-state index contributed by atoms with van der Waals surface area (Å²) in [5.74, 6) is -0.458. The minimum Gasteiger partial charge on any atom is -0.327 e. The molecule has 21 heavy (non-hydrogen) atoms. The maximum absolute atomic E-state index is 13.4. The van der Waals surface area contributed by atoms with Gasteiger partial charge in [0.15, 0.2) is 5.69 Å². The SMILES string of the molecule is CCC(N)Cc1cc(F)ccc1-n1ccc(C(F)(F)F)n1. The van der Waals surface area contributed by atoms with E-state index in [1.807, 2.05) is 6.92 Å². The summed E-state index contributed by atoms with van der Waals surface area (Å²) >= 11 is 0. The number of hydrogen-bond donors (Lipinski definition) is 1. The zero-order chi connectivity index (χ0) is 15.6. The molecule has 1 atom stereocenters. The Bertz CT molecular complexity index is 619. The van der Waals surface area contributed by atoms with Crippen molar-refractivity contribution in [3.05, 3.63) is 47.5 Å². The van der Waals surface area contributed by atoms with Gasteiger partial charge in [-0.1, -0.05) is 6.92 Å². The van der Waals surface area contributed by atoms with E-state index in [0.717, 1.165) is 10.7 Å². The minimum absolute atomic E-state index is 0.191. The van der Waals surface area contributed by atoms with Gasteiger partial charge < -0.3 is 5.73 Å². The number of benzene rings is 1. The number of rotatable bonds is 4. The first-order valence-electron chi connectivity index (χ1n) is 6.48. The van der Waals surface area contributed by atoms with Crippen molar-refractivity contribution in [1.82, 2.24) is 9.78 Å². The number of nitrogens with zero attached hydrogens (tertiary/aromatic N) is 2. The van der Waals surface area contributed by atoms with Gasteiger partial charge in [-0.3, -0.25) is 0 Å². The maximum atomic E-state index is 13.4. The second-order valence-corrected chi connectivity index (χ2v) is 4.79. The van der Waals surface area contributed by atoms with Crippen LogP contribution in [-0.2, 0) is 12.6 Å². The van der Waals surface area contributed by atoms with Crippen molar-refractivity contribution in [2.75, 3.05) is 0 Å². The third-order valence-electron chi connectivity index (χ3n) is 3.17. The molecular formula is C14H15F4N3. The predicted octanol–water partition coefficient (Wildman–Crippen LogP) is 3.31. The molecule has 3 nitrogen and oxygen atoms in total. The third-order valence-corrected chi connectivity index (χ3v) is 3.17. The Kier molecular flexibility index (Phi) is 4.32.